The molecule has 1 aromatic carbocycles. The van der Waals surface area contributed by atoms with Crippen molar-refractivity contribution >= 4 is 14.5 Å². The third-order valence-electron chi connectivity index (χ3n) is 6.11. The van der Waals surface area contributed by atoms with Crippen LogP contribution in [0.2, 0.25) is 0 Å². The first-order valence-corrected chi connectivity index (χ1v) is 12.7. The lowest BCUT2D eigenvalue weighted by molar-refractivity contribution is -0.147. The normalized spacial score (nSPS) is 11.6. The molecule has 0 aromatic heterocycles. The van der Waals surface area contributed by atoms with Gasteiger partial charge in [-0.25, -0.2) is 0 Å². The van der Waals surface area contributed by atoms with E-state index < -0.39 is 0 Å². The van der Waals surface area contributed by atoms with Crippen molar-refractivity contribution in [3.8, 4) is 0 Å². The van der Waals surface area contributed by atoms with Crippen LogP contribution in [0.25, 0.3) is 0 Å². The zero-order valence-electron chi connectivity index (χ0n) is 19.9. The highest BCUT2D eigenvalue weighted by Gasteiger charge is 2.09. The molecule has 1 unspecified atom stereocenters. The van der Waals surface area contributed by atoms with E-state index in [0.29, 0.717) is 0 Å². The predicted molar refractivity (Wildman–Crippen MR) is 132 cm³/mol. The van der Waals surface area contributed by atoms with Crippen molar-refractivity contribution < 1.29 is 9.47 Å². The fourth-order valence-corrected chi connectivity index (χ4v) is 4.09. The molecule has 1 atom stereocenters. The number of rotatable bonds is 17. The van der Waals surface area contributed by atoms with E-state index in [-0.39, 0.29) is 6.29 Å². The molecule has 0 N–H and O–H groups in total. The first-order valence-electron chi connectivity index (χ1n) is 12.1. The average Bonchev–Trinajstić information content (AvgIpc) is 2.71. The third kappa shape index (κ3) is 11.0. The predicted octanol–water partition coefficient (Wildman–Crippen LogP) is 7.34. The van der Waals surface area contributed by atoms with Crippen LogP contribution in [0, 0.1) is 20.8 Å². The van der Waals surface area contributed by atoms with E-state index in [1.807, 2.05) is 0 Å². The second kappa shape index (κ2) is 16.3. The minimum atomic E-state index is 0.0157. The fourth-order valence-electron chi connectivity index (χ4n) is 3.67. The molecule has 3 heteroatoms. The van der Waals surface area contributed by atoms with Gasteiger partial charge in [0.2, 0.25) is 0 Å². The molecule has 2 nitrogen and oxygen atoms in total. The Labute approximate surface area is 183 Å². The number of ether oxygens (including phenoxy) is 2. The van der Waals surface area contributed by atoms with Crippen LogP contribution in [-0.4, -0.2) is 19.5 Å². The van der Waals surface area contributed by atoms with Crippen molar-refractivity contribution in [2.24, 2.45) is 0 Å². The van der Waals surface area contributed by atoms with Crippen LogP contribution in [0.4, 0.5) is 0 Å². The van der Waals surface area contributed by atoms with Crippen molar-refractivity contribution in [1.29, 1.82) is 0 Å². The maximum atomic E-state index is 5.94. The molecule has 0 saturated heterocycles. The number of benzene rings is 1. The zero-order chi connectivity index (χ0) is 21.5. The quantitative estimate of drug-likeness (QED) is 0.148. The van der Waals surface area contributed by atoms with Gasteiger partial charge in [-0.15, -0.1) is 9.24 Å². The molecule has 0 heterocycles. The van der Waals surface area contributed by atoms with Gasteiger partial charge in [0.05, 0.1) is 0 Å². The van der Waals surface area contributed by atoms with Crippen molar-refractivity contribution in [2.75, 3.05) is 13.2 Å². The number of hydrogen-bond donors (Lipinski definition) is 0. The highest BCUT2D eigenvalue weighted by molar-refractivity contribution is 7.27. The molecule has 0 aliphatic rings. The summed E-state index contributed by atoms with van der Waals surface area (Å²) >= 11 is 0. The number of aryl methyl sites for hydroxylation is 1. The summed E-state index contributed by atoms with van der Waals surface area (Å²) in [6, 6.07) is 2.37. The van der Waals surface area contributed by atoms with E-state index >= 15 is 0 Å². The fraction of sp³-hybridized carbons (Fsp3) is 0.769. The van der Waals surface area contributed by atoms with E-state index in [2.05, 4.69) is 49.9 Å². The Hall–Kier alpha value is -0.430. The van der Waals surface area contributed by atoms with Crippen LogP contribution in [0.1, 0.15) is 107 Å². The summed E-state index contributed by atoms with van der Waals surface area (Å²) in [5.41, 5.74) is 5.91. The summed E-state index contributed by atoms with van der Waals surface area (Å²) in [6.07, 6.45) is 14.7. The Morgan fingerprint density at radius 3 is 1.86 bits per heavy atom. The highest BCUT2D eigenvalue weighted by Crippen LogP contribution is 2.20. The molecule has 0 spiro atoms. The van der Waals surface area contributed by atoms with Crippen molar-refractivity contribution in [1.82, 2.24) is 0 Å². The molecular weight excluding hydrogens is 375 g/mol. The topological polar surface area (TPSA) is 18.5 Å². The third-order valence-corrected chi connectivity index (χ3v) is 6.71. The SMILES string of the molecule is CCCCOC(CCCCCCCCc1cc(P)c(C)c(C)c1C)OCCCC. The number of hydrogen-bond acceptors (Lipinski definition) is 2. The van der Waals surface area contributed by atoms with E-state index in [1.165, 1.54) is 85.3 Å². The molecule has 0 fully saturated rings. The van der Waals surface area contributed by atoms with Crippen molar-refractivity contribution in [2.45, 2.75) is 118 Å². The molecule has 1 aromatic rings. The first kappa shape index (κ1) is 26.6. The van der Waals surface area contributed by atoms with Crippen molar-refractivity contribution in [3.63, 3.8) is 0 Å². The Morgan fingerprint density at radius 1 is 0.724 bits per heavy atom. The van der Waals surface area contributed by atoms with E-state index in [9.17, 15) is 0 Å². The van der Waals surface area contributed by atoms with E-state index in [1.54, 1.807) is 0 Å². The second-order valence-electron chi connectivity index (χ2n) is 8.54. The summed E-state index contributed by atoms with van der Waals surface area (Å²) in [4.78, 5) is 0. The van der Waals surface area contributed by atoms with Gasteiger partial charge in [-0.2, -0.15) is 0 Å². The van der Waals surface area contributed by atoms with E-state index in [4.69, 9.17) is 9.47 Å². The Kier molecular flexibility index (Phi) is 14.9. The van der Waals surface area contributed by atoms with Gasteiger partial charge >= 0.3 is 0 Å². The molecule has 0 radical (unpaired) electrons. The van der Waals surface area contributed by atoms with Gasteiger partial charge in [0.1, 0.15) is 0 Å². The Bertz CT molecular complexity index is 546. The van der Waals surface area contributed by atoms with Crippen molar-refractivity contribution in [3.05, 3.63) is 28.3 Å². The minimum Gasteiger partial charge on any atom is -0.353 e. The average molecular weight is 423 g/mol. The smallest absolute Gasteiger partial charge is 0.157 e. The summed E-state index contributed by atoms with van der Waals surface area (Å²) < 4.78 is 11.9. The van der Waals surface area contributed by atoms with Gasteiger partial charge in [0.25, 0.3) is 0 Å². The molecule has 0 amide bonds. The molecule has 0 aliphatic heterocycles. The zero-order valence-corrected chi connectivity index (χ0v) is 21.1. The van der Waals surface area contributed by atoms with Crippen LogP contribution in [-0.2, 0) is 15.9 Å². The van der Waals surface area contributed by atoms with Crippen LogP contribution < -0.4 is 5.30 Å². The van der Waals surface area contributed by atoms with Crippen LogP contribution >= 0.6 is 9.24 Å². The van der Waals surface area contributed by atoms with Gasteiger partial charge in [-0.3, -0.25) is 0 Å². The van der Waals surface area contributed by atoms with Gasteiger partial charge in [-0.1, -0.05) is 58.4 Å². The molecule has 168 valence electrons. The summed E-state index contributed by atoms with van der Waals surface area (Å²) in [7, 11) is 2.90. The summed E-state index contributed by atoms with van der Waals surface area (Å²) in [5.74, 6) is 0. The highest BCUT2D eigenvalue weighted by atomic mass is 31.0. The first-order chi connectivity index (χ1) is 14.0. The van der Waals surface area contributed by atoms with Crippen LogP contribution in [0.5, 0.6) is 0 Å². The molecule has 1 rings (SSSR count). The second-order valence-corrected chi connectivity index (χ2v) is 9.16. The largest absolute Gasteiger partial charge is 0.353 e. The number of unbranched alkanes of at least 4 members (excludes halogenated alkanes) is 7. The molecule has 0 bridgehead atoms. The van der Waals surface area contributed by atoms with Crippen LogP contribution in [0.3, 0.4) is 0 Å². The standard InChI is InChI=1S/C26H47O2P/c1-6-8-18-27-26(28-19-9-7-2)17-15-13-11-10-12-14-16-24-20-25(29)23(5)21(3)22(24)4/h20,26H,6-19,29H2,1-5H3. The molecule has 29 heavy (non-hydrogen) atoms. The van der Waals surface area contributed by atoms with Gasteiger partial charge in [0, 0.05) is 13.2 Å². The van der Waals surface area contributed by atoms with Crippen LogP contribution in [0.15, 0.2) is 6.07 Å². The van der Waals surface area contributed by atoms with Gasteiger partial charge in [-0.05, 0) is 86.9 Å². The molecule has 0 saturated carbocycles. The maximum absolute atomic E-state index is 5.94. The lowest BCUT2D eigenvalue weighted by atomic mass is 9.95. The molecular formula is C26H47O2P. The summed E-state index contributed by atoms with van der Waals surface area (Å²) in [6.45, 7) is 12.8. The minimum absolute atomic E-state index is 0.0157. The van der Waals surface area contributed by atoms with Gasteiger partial charge in [0.15, 0.2) is 6.29 Å². The maximum Gasteiger partial charge on any atom is 0.157 e. The lowest BCUT2D eigenvalue weighted by Crippen LogP contribution is -2.18. The lowest BCUT2D eigenvalue weighted by Gasteiger charge is -2.18. The van der Waals surface area contributed by atoms with Gasteiger partial charge < -0.3 is 9.47 Å². The monoisotopic (exact) mass is 422 g/mol. The van der Waals surface area contributed by atoms with E-state index in [0.717, 1.165) is 32.5 Å². The Morgan fingerprint density at radius 2 is 1.28 bits per heavy atom. The molecule has 0 aliphatic carbocycles. The summed E-state index contributed by atoms with van der Waals surface area (Å²) in [5, 5.41) is 1.36. The Balaban J connectivity index is 2.17.